The molecule has 3 aromatic carbocycles. The quantitative estimate of drug-likeness (QED) is 0.530. The van der Waals surface area contributed by atoms with E-state index in [0.29, 0.717) is 0 Å². The first-order chi connectivity index (χ1) is 12.8. The Bertz CT molecular complexity index is 985. The minimum atomic E-state index is -0.391. The first-order valence-electron chi connectivity index (χ1n) is 8.61. The molecule has 0 bridgehead atoms. The summed E-state index contributed by atoms with van der Waals surface area (Å²) in [6.45, 7) is 1.93. The van der Waals surface area contributed by atoms with Gasteiger partial charge in [-0.3, -0.25) is 9.36 Å². The SMILES string of the molecule is CC(C(=O)n1cnc2ccccc21)N(c1ccccc1)c1ccccc1. The van der Waals surface area contributed by atoms with Gasteiger partial charge in [0.25, 0.3) is 5.91 Å². The Morgan fingerprint density at radius 1 is 0.846 bits per heavy atom. The zero-order valence-corrected chi connectivity index (χ0v) is 14.5. The second-order valence-corrected chi connectivity index (χ2v) is 6.16. The number of carbonyl (C=O) groups excluding carboxylic acids is 1. The second kappa shape index (κ2) is 6.84. The van der Waals surface area contributed by atoms with Crippen LogP contribution in [-0.4, -0.2) is 21.5 Å². The van der Waals surface area contributed by atoms with Gasteiger partial charge < -0.3 is 4.90 Å². The van der Waals surface area contributed by atoms with E-state index in [1.807, 2.05) is 91.9 Å². The summed E-state index contributed by atoms with van der Waals surface area (Å²) in [6, 6.07) is 27.2. The molecule has 1 aromatic heterocycles. The molecule has 0 aliphatic heterocycles. The predicted octanol–water partition coefficient (Wildman–Crippen LogP) is 4.90. The van der Waals surface area contributed by atoms with E-state index >= 15 is 0 Å². The molecule has 4 aromatic rings. The molecule has 0 saturated heterocycles. The lowest BCUT2D eigenvalue weighted by atomic mass is 10.1. The minimum Gasteiger partial charge on any atom is -0.329 e. The Labute approximate surface area is 152 Å². The number of carbonyl (C=O) groups is 1. The van der Waals surface area contributed by atoms with Crippen molar-refractivity contribution in [1.82, 2.24) is 9.55 Å². The fraction of sp³-hybridized carbons (Fsp3) is 0.0909. The number of nitrogens with zero attached hydrogens (tertiary/aromatic N) is 3. The van der Waals surface area contributed by atoms with Crippen LogP contribution in [0.15, 0.2) is 91.3 Å². The van der Waals surface area contributed by atoms with Crippen LogP contribution in [0.3, 0.4) is 0 Å². The van der Waals surface area contributed by atoms with Gasteiger partial charge in [-0.2, -0.15) is 0 Å². The van der Waals surface area contributed by atoms with E-state index in [1.165, 1.54) is 0 Å². The van der Waals surface area contributed by atoms with Crippen molar-refractivity contribution in [3.05, 3.63) is 91.3 Å². The summed E-state index contributed by atoms with van der Waals surface area (Å²) in [6.07, 6.45) is 1.61. The maximum absolute atomic E-state index is 13.3. The van der Waals surface area contributed by atoms with Crippen molar-refractivity contribution in [2.45, 2.75) is 13.0 Å². The van der Waals surface area contributed by atoms with Crippen LogP contribution in [0.2, 0.25) is 0 Å². The lowest BCUT2D eigenvalue weighted by Gasteiger charge is -2.30. The van der Waals surface area contributed by atoms with Crippen molar-refractivity contribution in [3.63, 3.8) is 0 Å². The highest BCUT2D eigenvalue weighted by Gasteiger charge is 2.25. The summed E-state index contributed by atoms with van der Waals surface area (Å²) in [4.78, 5) is 19.7. The van der Waals surface area contributed by atoms with Crippen molar-refractivity contribution < 1.29 is 4.79 Å². The molecule has 26 heavy (non-hydrogen) atoms. The smallest absolute Gasteiger partial charge is 0.255 e. The number of aromatic nitrogens is 2. The van der Waals surface area contributed by atoms with Crippen LogP contribution in [0.1, 0.15) is 11.7 Å². The maximum atomic E-state index is 13.3. The second-order valence-electron chi connectivity index (χ2n) is 6.16. The van der Waals surface area contributed by atoms with Gasteiger partial charge in [0.15, 0.2) is 0 Å². The van der Waals surface area contributed by atoms with E-state index in [-0.39, 0.29) is 5.91 Å². The average molecular weight is 341 g/mol. The third kappa shape index (κ3) is 2.86. The molecule has 0 N–H and O–H groups in total. The lowest BCUT2D eigenvalue weighted by molar-refractivity contribution is 0.0891. The molecule has 1 atom stereocenters. The number of hydrogen-bond acceptors (Lipinski definition) is 3. The third-order valence-corrected chi connectivity index (χ3v) is 4.50. The molecule has 1 unspecified atom stereocenters. The molecule has 0 saturated carbocycles. The molecule has 4 heteroatoms. The van der Waals surface area contributed by atoms with Crippen LogP contribution < -0.4 is 4.90 Å². The molecule has 128 valence electrons. The number of imidazole rings is 1. The van der Waals surface area contributed by atoms with Crippen LogP contribution in [-0.2, 0) is 0 Å². The number of para-hydroxylation sites is 4. The first-order valence-corrected chi connectivity index (χ1v) is 8.61. The monoisotopic (exact) mass is 341 g/mol. The van der Waals surface area contributed by atoms with Crippen molar-refractivity contribution in [3.8, 4) is 0 Å². The summed E-state index contributed by atoms with van der Waals surface area (Å²) in [5.41, 5.74) is 3.59. The van der Waals surface area contributed by atoms with Crippen LogP contribution in [0.5, 0.6) is 0 Å². The molecule has 1 heterocycles. The molecule has 0 radical (unpaired) electrons. The van der Waals surface area contributed by atoms with Gasteiger partial charge in [0.1, 0.15) is 12.4 Å². The Balaban J connectivity index is 1.77. The largest absolute Gasteiger partial charge is 0.329 e. The number of fused-ring (bicyclic) bond motifs is 1. The van der Waals surface area contributed by atoms with Gasteiger partial charge >= 0.3 is 0 Å². The summed E-state index contributed by atoms with van der Waals surface area (Å²) >= 11 is 0. The van der Waals surface area contributed by atoms with E-state index < -0.39 is 6.04 Å². The number of rotatable bonds is 4. The fourth-order valence-corrected chi connectivity index (χ4v) is 3.22. The number of anilines is 2. The molecule has 0 spiro atoms. The zero-order chi connectivity index (χ0) is 17.9. The van der Waals surface area contributed by atoms with Crippen molar-refractivity contribution in [1.29, 1.82) is 0 Å². The van der Waals surface area contributed by atoms with Gasteiger partial charge in [-0.15, -0.1) is 0 Å². The van der Waals surface area contributed by atoms with E-state index in [1.54, 1.807) is 10.9 Å². The van der Waals surface area contributed by atoms with Crippen LogP contribution >= 0.6 is 0 Å². The van der Waals surface area contributed by atoms with Gasteiger partial charge in [-0.25, -0.2) is 4.98 Å². The fourth-order valence-electron chi connectivity index (χ4n) is 3.22. The van der Waals surface area contributed by atoms with Gasteiger partial charge in [0.2, 0.25) is 0 Å². The lowest BCUT2D eigenvalue weighted by Crippen LogP contribution is -2.38. The Morgan fingerprint density at radius 2 is 1.38 bits per heavy atom. The highest BCUT2D eigenvalue weighted by atomic mass is 16.2. The Morgan fingerprint density at radius 3 is 2.00 bits per heavy atom. The normalized spacial score (nSPS) is 12.0. The zero-order valence-electron chi connectivity index (χ0n) is 14.5. The highest BCUT2D eigenvalue weighted by Crippen LogP contribution is 2.28. The van der Waals surface area contributed by atoms with Gasteiger partial charge in [-0.05, 0) is 43.3 Å². The van der Waals surface area contributed by atoms with E-state index in [0.717, 1.165) is 22.4 Å². The standard InChI is InChI=1S/C22H19N3O/c1-17(22(26)24-16-23-20-14-8-9-15-21(20)24)25(18-10-4-2-5-11-18)19-12-6-3-7-13-19/h2-17H,1H3. The Hall–Kier alpha value is -3.40. The molecule has 0 aliphatic carbocycles. The molecule has 4 rings (SSSR count). The van der Waals surface area contributed by atoms with Crippen LogP contribution in [0.4, 0.5) is 11.4 Å². The van der Waals surface area contributed by atoms with Crippen molar-refractivity contribution >= 4 is 28.3 Å². The van der Waals surface area contributed by atoms with E-state index in [2.05, 4.69) is 9.88 Å². The molecular weight excluding hydrogens is 322 g/mol. The summed E-state index contributed by atoms with van der Waals surface area (Å²) in [5, 5.41) is 0. The Kier molecular flexibility index (Phi) is 4.23. The van der Waals surface area contributed by atoms with Crippen LogP contribution in [0.25, 0.3) is 11.0 Å². The van der Waals surface area contributed by atoms with Gasteiger partial charge in [0.05, 0.1) is 11.0 Å². The molecule has 4 nitrogen and oxygen atoms in total. The van der Waals surface area contributed by atoms with E-state index in [9.17, 15) is 4.79 Å². The summed E-state index contributed by atoms with van der Waals surface area (Å²) in [5.74, 6) is -0.0218. The minimum absolute atomic E-state index is 0.0218. The molecule has 0 aliphatic rings. The molecule has 0 amide bonds. The topological polar surface area (TPSA) is 38.1 Å². The first kappa shape index (κ1) is 16.1. The van der Waals surface area contributed by atoms with Crippen molar-refractivity contribution in [2.24, 2.45) is 0 Å². The molecular formula is C22H19N3O. The number of benzene rings is 3. The maximum Gasteiger partial charge on any atom is 0.255 e. The summed E-state index contributed by atoms with van der Waals surface area (Å²) in [7, 11) is 0. The third-order valence-electron chi connectivity index (χ3n) is 4.50. The highest BCUT2D eigenvalue weighted by molar-refractivity contribution is 5.96. The van der Waals surface area contributed by atoms with Gasteiger partial charge in [-0.1, -0.05) is 48.5 Å². The predicted molar refractivity (Wildman–Crippen MR) is 105 cm³/mol. The van der Waals surface area contributed by atoms with Crippen molar-refractivity contribution in [2.75, 3.05) is 4.90 Å². The average Bonchev–Trinajstić information content (AvgIpc) is 3.13. The van der Waals surface area contributed by atoms with E-state index in [4.69, 9.17) is 0 Å². The number of hydrogen-bond donors (Lipinski definition) is 0. The van der Waals surface area contributed by atoms with Crippen LogP contribution in [0, 0.1) is 0 Å². The summed E-state index contributed by atoms with van der Waals surface area (Å²) < 4.78 is 1.64. The van der Waals surface area contributed by atoms with Gasteiger partial charge in [0, 0.05) is 11.4 Å². The molecule has 0 fully saturated rings.